The number of guanidine groups is 1. The van der Waals surface area contributed by atoms with E-state index in [1.807, 2.05) is 42.1 Å². The minimum Gasteiger partial charge on any atom is -0.356 e. The van der Waals surface area contributed by atoms with Crippen LogP contribution in [0.1, 0.15) is 22.3 Å². The fourth-order valence-corrected chi connectivity index (χ4v) is 3.11. The van der Waals surface area contributed by atoms with E-state index >= 15 is 0 Å². The molecule has 0 aliphatic heterocycles. The molecular weight excluding hydrogens is 480 g/mol. The van der Waals surface area contributed by atoms with Crippen LogP contribution in [0.4, 0.5) is 4.39 Å². The summed E-state index contributed by atoms with van der Waals surface area (Å²) in [4.78, 5) is 4.29. The summed E-state index contributed by atoms with van der Waals surface area (Å²) in [6.45, 7) is 4.07. The van der Waals surface area contributed by atoms with Crippen LogP contribution >= 0.6 is 24.0 Å². The normalized spacial score (nSPS) is 11.1. The topological polar surface area (TPSA) is 54.2 Å². The summed E-state index contributed by atoms with van der Waals surface area (Å²) in [5, 5.41) is 11.0. The van der Waals surface area contributed by atoms with Crippen LogP contribution in [0.3, 0.4) is 0 Å². The first kappa shape index (κ1) is 22.9. The number of hydrogen-bond acceptors (Lipinski definition) is 2. The number of nitrogens with zero attached hydrogens (tertiary/aromatic N) is 3. The van der Waals surface area contributed by atoms with Gasteiger partial charge >= 0.3 is 0 Å². The average Bonchev–Trinajstić information content (AvgIpc) is 3.20. The number of halogens is 2. The van der Waals surface area contributed by atoms with Crippen molar-refractivity contribution in [1.29, 1.82) is 0 Å². The summed E-state index contributed by atoms with van der Waals surface area (Å²) < 4.78 is 15.1. The number of aliphatic imine (C=N–C) groups is 1. The van der Waals surface area contributed by atoms with Crippen molar-refractivity contribution in [3.63, 3.8) is 0 Å². The number of benzene rings is 2. The van der Waals surface area contributed by atoms with Crippen LogP contribution in [0.25, 0.3) is 0 Å². The highest BCUT2D eigenvalue weighted by Gasteiger charge is 2.05. The third-order valence-corrected chi connectivity index (χ3v) is 4.67. The van der Waals surface area contributed by atoms with Gasteiger partial charge in [-0.25, -0.2) is 4.39 Å². The number of hydrogen-bond donors (Lipinski definition) is 2. The summed E-state index contributed by atoms with van der Waals surface area (Å²) in [5.74, 6) is 0.550. The van der Waals surface area contributed by atoms with E-state index < -0.39 is 0 Å². The molecule has 3 rings (SSSR count). The summed E-state index contributed by atoms with van der Waals surface area (Å²) in [6.07, 6.45) is 4.56. The van der Waals surface area contributed by atoms with E-state index in [0.29, 0.717) is 6.54 Å². The third kappa shape index (κ3) is 6.85. The molecule has 1 heterocycles. The molecule has 29 heavy (non-hydrogen) atoms. The van der Waals surface area contributed by atoms with Crippen LogP contribution in [0.5, 0.6) is 0 Å². The monoisotopic (exact) mass is 507 g/mol. The summed E-state index contributed by atoms with van der Waals surface area (Å²) in [6, 6.07) is 15.2. The Morgan fingerprint density at radius 2 is 1.86 bits per heavy atom. The molecule has 2 N–H and O–H groups in total. The van der Waals surface area contributed by atoms with Gasteiger partial charge in [0.2, 0.25) is 0 Å². The molecule has 0 amide bonds. The smallest absolute Gasteiger partial charge is 0.191 e. The van der Waals surface area contributed by atoms with Gasteiger partial charge in [-0.05, 0) is 53.8 Å². The largest absolute Gasteiger partial charge is 0.356 e. The first-order valence-electron chi connectivity index (χ1n) is 9.39. The van der Waals surface area contributed by atoms with Crippen molar-refractivity contribution in [2.24, 2.45) is 4.99 Å². The zero-order valence-corrected chi connectivity index (χ0v) is 19.1. The number of rotatable bonds is 7. The third-order valence-electron chi connectivity index (χ3n) is 4.67. The van der Waals surface area contributed by atoms with Crippen molar-refractivity contribution in [2.45, 2.75) is 26.4 Å². The fraction of sp³-hybridized carbons (Fsp3) is 0.273. The molecule has 1 aromatic heterocycles. The van der Waals surface area contributed by atoms with E-state index in [-0.39, 0.29) is 29.8 Å². The minimum atomic E-state index is -0.194. The second kappa shape index (κ2) is 11.5. The molecule has 0 fully saturated rings. The van der Waals surface area contributed by atoms with Gasteiger partial charge in [0.25, 0.3) is 0 Å². The second-order valence-corrected chi connectivity index (χ2v) is 6.65. The maximum absolute atomic E-state index is 13.2. The fourth-order valence-electron chi connectivity index (χ4n) is 3.11. The van der Waals surface area contributed by atoms with E-state index in [4.69, 9.17) is 0 Å². The molecule has 0 aliphatic carbocycles. The van der Waals surface area contributed by atoms with Crippen LogP contribution in [0.2, 0.25) is 0 Å². The second-order valence-electron chi connectivity index (χ2n) is 6.65. The first-order valence-corrected chi connectivity index (χ1v) is 9.39. The van der Waals surface area contributed by atoms with Crippen LogP contribution in [-0.2, 0) is 19.5 Å². The molecule has 0 atom stereocenters. The van der Waals surface area contributed by atoms with Crippen LogP contribution in [-0.4, -0.2) is 29.3 Å². The zero-order chi connectivity index (χ0) is 19.8. The van der Waals surface area contributed by atoms with Gasteiger partial charge < -0.3 is 10.6 Å². The van der Waals surface area contributed by atoms with Crippen LogP contribution in [0.15, 0.2) is 65.9 Å². The number of nitrogens with one attached hydrogen (secondary N) is 2. The van der Waals surface area contributed by atoms with Crippen molar-refractivity contribution in [2.75, 3.05) is 13.6 Å². The molecule has 0 bridgehead atoms. The highest BCUT2D eigenvalue weighted by molar-refractivity contribution is 14.0. The molecule has 154 valence electrons. The van der Waals surface area contributed by atoms with Gasteiger partial charge in [-0.1, -0.05) is 30.3 Å². The zero-order valence-electron chi connectivity index (χ0n) is 16.7. The Bertz CT molecular complexity index is 925. The molecule has 0 spiro atoms. The Labute approximate surface area is 188 Å². The van der Waals surface area contributed by atoms with Gasteiger partial charge in [0, 0.05) is 32.5 Å². The molecule has 0 aliphatic rings. The van der Waals surface area contributed by atoms with Crippen LogP contribution < -0.4 is 10.6 Å². The maximum atomic E-state index is 13.2. The molecule has 0 saturated carbocycles. The molecular formula is C22H27FIN5. The summed E-state index contributed by atoms with van der Waals surface area (Å²) in [7, 11) is 1.76. The Balaban J connectivity index is 0.00000300. The lowest BCUT2D eigenvalue weighted by Crippen LogP contribution is -2.38. The molecule has 0 saturated heterocycles. The molecule has 0 unspecified atom stereocenters. The Hall–Kier alpha value is -2.42. The standard InChI is InChI=1S/C22H26FN5.HI/c1-17-14-21(23)9-8-18(17)10-12-25-22(24-2)26-15-19-6-3-4-7-20(19)16-28-13-5-11-27-28;/h3-9,11,13-14H,10,12,15-16H2,1-2H3,(H2,24,25,26);1H. The molecule has 2 aromatic carbocycles. The van der Waals surface area contributed by atoms with Crippen molar-refractivity contribution in [3.8, 4) is 0 Å². The quantitative estimate of drug-likeness (QED) is 0.290. The molecule has 5 nitrogen and oxygen atoms in total. The predicted octanol–water partition coefficient (Wildman–Crippen LogP) is 3.90. The van der Waals surface area contributed by atoms with Crippen molar-refractivity contribution >= 4 is 29.9 Å². The van der Waals surface area contributed by atoms with Crippen molar-refractivity contribution in [1.82, 2.24) is 20.4 Å². The molecule has 7 heteroatoms. The van der Waals surface area contributed by atoms with Gasteiger partial charge in [-0.15, -0.1) is 24.0 Å². The Kier molecular flexibility index (Phi) is 9.11. The van der Waals surface area contributed by atoms with Gasteiger partial charge in [0.1, 0.15) is 5.82 Å². The van der Waals surface area contributed by atoms with E-state index in [9.17, 15) is 4.39 Å². The van der Waals surface area contributed by atoms with Crippen molar-refractivity contribution in [3.05, 3.63) is 89.0 Å². The maximum Gasteiger partial charge on any atom is 0.191 e. The number of aromatic nitrogens is 2. The minimum absolute atomic E-state index is 0. The molecule has 0 radical (unpaired) electrons. The van der Waals surface area contributed by atoms with Gasteiger partial charge in [0.15, 0.2) is 5.96 Å². The van der Waals surface area contributed by atoms with Gasteiger partial charge in [-0.3, -0.25) is 9.67 Å². The summed E-state index contributed by atoms with van der Waals surface area (Å²) >= 11 is 0. The first-order chi connectivity index (χ1) is 13.7. The SMILES string of the molecule is CN=C(NCCc1ccc(F)cc1C)NCc1ccccc1Cn1cccn1.I. The van der Waals surface area contributed by atoms with Crippen LogP contribution in [0, 0.1) is 12.7 Å². The summed E-state index contributed by atoms with van der Waals surface area (Å²) in [5.41, 5.74) is 4.53. The van der Waals surface area contributed by atoms with E-state index in [2.05, 4.69) is 32.9 Å². The highest BCUT2D eigenvalue weighted by atomic mass is 127. The lowest BCUT2D eigenvalue weighted by Gasteiger charge is -2.15. The number of aryl methyl sites for hydroxylation is 1. The molecule has 3 aromatic rings. The van der Waals surface area contributed by atoms with Gasteiger partial charge in [-0.2, -0.15) is 5.10 Å². The van der Waals surface area contributed by atoms with Gasteiger partial charge in [0.05, 0.1) is 6.54 Å². The Morgan fingerprint density at radius 1 is 1.07 bits per heavy atom. The lowest BCUT2D eigenvalue weighted by molar-refractivity contribution is 0.625. The predicted molar refractivity (Wildman–Crippen MR) is 126 cm³/mol. The lowest BCUT2D eigenvalue weighted by atomic mass is 10.1. The van der Waals surface area contributed by atoms with E-state index in [1.54, 1.807) is 19.3 Å². The average molecular weight is 507 g/mol. The highest BCUT2D eigenvalue weighted by Crippen LogP contribution is 2.11. The van der Waals surface area contributed by atoms with Crippen molar-refractivity contribution < 1.29 is 4.39 Å². The Morgan fingerprint density at radius 3 is 2.55 bits per heavy atom. The van der Waals surface area contributed by atoms with E-state index in [0.717, 1.165) is 36.6 Å². The van der Waals surface area contributed by atoms with E-state index in [1.165, 1.54) is 17.2 Å².